The van der Waals surface area contributed by atoms with Gasteiger partial charge in [0.25, 0.3) is 0 Å². The summed E-state index contributed by atoms with van der Waals surface area (Å²) in [6, 6.07) is 12.3. The van der Waals surface area contributed by atoms with Crippen LogP contribution in [0.5, 0.6) is 0 Å². The van der Waals surface area contributed by atoms with E-state index >= 15 is 0 Å². The zero-order valence-corrected chi connectivity index (χ0v) is 19.2. The van der Waals surface area contributed by atoms with E-state index in [-0.39, 0.29) is 0 Å². The second kappa shape index (κ2) is 6.07. The van der Waals surface area contributed by atoms with Crippen molar-refractivity contribution in [2.75, 3.05) is 0 Å². The van der Waals surface area contributed by atoms with Crippen molar-refractivity contribution < 1.29 is 0 Å². The monoisotopic (exact) mass is 384 g/mol. The van der Waals surface area contributed by atoms with Crippen LogP contribution in [0.25, 0.3) is 12.2 Å². The van der Waals surface area contributed by atoms with Gasteiger partial charge in [-0.1, -0.05) is 66.1 Å². The van der Waals surface area contributed by atoms with Gasteiger partial charge in [0.1, 0.15) is 0 Å². The highest BCUT2D eigenvalue weighted by Crippen LogP contribution is 2.61. The number of hydrogen-bond donors (Lipinski definition) is 0. The van der Waals surface area contributed by atoms with Gasteiger partial charge < -0.3 is 0 Å². The lowest BCUT2D eigenvalue weighted by Gasteiger charge is -2.51. The van der Waals surface area contributed by atoms with Crippen molar-refractivity contribution in [2.45, 2.75) is 71.1 Å². The molecule has 1 fully saturated rings. The molecule has 1 saturated heterocycles. The molecule has 2 aromatic carbocycles. The number of fused-ring (bicyclic) bond motifs is 2. The Labute approximate surface area is 171 Å². The molecule has 1 heterocycles. The maximum absolute atomic E-state index is 2.54. The predicted octanol–water partition coefficient (Wildman–Crippen LogP) is 7.55. The van der Waals surface area contributed by atoms with Gasteiger partial charge in [0.2, 0.25) is 0 Å². The summed E-state index contributed by atoms with van der Waals surface area (Å²) in [4.78, 5) is 0. The van der Waals surface area contributed by atoms with Gasteiger partial charge in [0.05, 0.1) is 8.07 Å². The Morgan fingerprint density at radius 2 is 1.00 bits per heavy atom. The van der Waals surface area contributed by atoms with Gasteiger partial charge in [-0.05, 0) is 86.1 Å². The number of hydrogen-bond acceptors (Lipinski definition) is 0. The largest absolute Gasteiger partial charge is 0.0781 e. The Balaban J connectivity index is 1.73. The molecule has 0 N–H and O–H groups in total. The average molecular weight is 385 g/mol. The first kappa shape index (κ1) is 18.2. The van der Waals surface area contributed by atoms with Gasteiger partial charge >= 0.3 is 0 Å². The third-order valence-electron chi connectivity index (χ3n) is 8.11. The molecule has 28 heavy (non-hydrogen) atoms. The molecule has 0 amide bonds. The van der Waals surface area contributed by atoms with Crippen molar-refractivity contribution in [1.29, 1.82) is 0 Å². The van der Waals surface area contributed by atoms with Crippen LogP contribution >= 0.6 is 0 Å². The summed E-state index contributed by atoms with van der Waals surface area (Å²) < 4.78 is 0. The van der Waals surface area contributed by atoms with Gasteiger partial charge in [-0.25, -0.2) is 0 Å². The second-order valence-corrected chi connectivity index (χ2v) is 14.4. The minimum atomic E-state index is -1.55. The number of aryl methyl sites for hydroxylation is 4. The van der Waals surface area contributed by atoms with Crippen LogP contribution in [0, 0.1) is 27.7 Å². The number of rotatable bonds is 2. The lowest BCUT2D eigenvalue weighted by Crippen LogP contribution is -2.53. The summed E-state index contributed by atoms with van der Waals surface area (Å²) in [6.45, 7) is 14.1. The third kappa shape index (κ3) is 2.23. The van der Waals surface area contributed by atoms with E-state index in [0.717, 1.165) is 0 Å². The van der Waals surface area contributed by atoms with Gasteiger partial charge in [-0.3, -0.25) is 0 Å². The van der Waals surface area contributed by atoms with Crippen molar-refractivity contribution in [3.8, 4) is 0 Å². The molecule has 1 heteroatoms. The fourth-order valence-electron chi connectivity index (χ4n) is 6.75. The highest BCUT2D eigenvalue weighted by molar-refractivity contribution is 6.86. The zero-order valence-electron chi connectivity index (χ0n) is 18.2. The lowest BCUT2D eigenvalue weighted by atomic mass is 9.98. The van der Waals surface area contributed by atoms with Gasteiger partial charge in [-0.2, -0.15) is 0 Å². The van der Waals surface area contributed by atoms with Crippen LogP contribution in [-0.4, -0.2) is 8.07 Å². The molecule has 0 aromatic heterocycles. The fourth-order valence-corrected chi connectivity index (χ4v) is 13.3. The highest BCUT2D eigenvalue weighted by atomic mass is 28.3. The molecule has 0 bridgehead atoms. The predicted molar refractivity (Wildman–Crippen MR) is 125 cm³/mol. The van der Waals surface area contributed by atoms with Crippen LogP contribution in [0.1, 0.15) is 75.9 Å². The summed E-state index contributed by atoms with van der Waals surface area (Å²) in [5, 5.41) is 0. The molecule has 0 spiro atoms. The second-order valence-electron chi connectivity index (χ2n) is 9.78. The Hall–Kier alpha value is -1.86. The van der Waals surface area contributed by atoms with Gasteiger partial charge in [0.15, 0.2) is 0 Å². The van der Waals surface area contributed by atoms with Crippen LogP contribution in [0.15, 0.2) is 35.4 Å². The summed E-state index contributed by atoms with van der Waals surface area (Å²) in [7, 11) is -1.55. The summed E-state index contributed by atoms with van der Waals surface area (Å²) in [5.41, 5.74) is 17.1. The Bertz CT molecular complexity index is 981. The molecule has 3 aliphatic rings. The minimum Gasteiger partial charge on any atom is -0.0678 e. The Morgan fingerprint density at radius 3 is 1.36 bits per heavy atom. The number of allylic oxidation sites excluding steroid dienone is 2. The van der Waals surface area contributed by atoms with Crippen LogP contribution in [0.4, 0.5) is 0 Å². The van der Waals surface area contributed by atoms with Crippen LogP contribution in [0.2, 0.25) is 12.1 Å². The van der Waals surface area contributed by atoms with E-state index in [2.05, 4.69) is 78.0 Å². The zero-order chi connectivity index (χ0) is 19.8. The Morgan fingerprint density at radius 1 is 0.607 bits per heavy atom. The molecular weight excluding hydrogens is 352 g/mol. The van der Waals surface area contributed by atoms with E-state index in [4.69, 9.17) is 0 Å². The van der Waals surface area contributed by atoms with E-state index in [0.29, 0.717) is 11.1 Å². The SMILES string of the molecule is CC1=Cc2c(C)ccc(C)c2C1[Si]1(C2C(C)=Cc3c(C)ccc(C)c32)CCC1. The molecule has 2 aliphatic carbocycles. The highest BCUT2D eigenvalue weighted by Gasteiger charge is 2.56. The maximum Gasteiger partial charge on any atom is 0.0781 e. The average Bonchev–Trinajstić information content (AvgIpc) is 3.15. The van der Waals surface area contributed by atoms with Crippen LogP contribution < -0.4 is 0 Å². The van der Waals surface area contributed by atoms with E-state index in [1.807, 2.05) is 0 Å². The van der Waals surface area contributed by atoms with E-state index in [1.165, 1.54) is 40.8 Å². The van der Waals surface area contributed by atoms with E-state index in [1.54, 1.807) is 33.4 Å². The lowest BCUT2D eigenvalue weighted by molar-refractivity contribution is 0.777. The molecule has 2 atom stereocenters. The fraction of sp³-hybridized carbons (Fsp3) is 0.407. The summed E-state index contributed by atoms with van der Waals surface area (Å²) in [6.07, 6.45) is 6.50. The standard InChI is InChI=1S/C27H32Si/c1-16-8-10-18(3)24-22(16)14-20(5)26(24)28(12-7-13-28)27-21(6)15-23-17(2)9-11-19(4)25(23)27/h8-11,14-15,26-27H,7,12-13H2,1-6H3. The Kier molecular flexibility index (Phi) is 3.94. The van der Waals surface area contributed by atoms with Crippen molar-refractivity contribution >= 4 is 20.2 Å². The maximum atomic E-state index is 2.54. The first-order valence-corrected chi connectivity index (χ1v) is 13.5. The van der Waals surface area contributed by atoms with E-state index < -0.39 is 8.07 Å². The molecule has 0 saturated carbocycles. The molecular formula is C27H32Si. The topological polar surface area (TPSA) is 0 Å². The normalized spacial score (nSPS) is 24.4. The smallest absolute Gasteiger partial charge is 0.0678 e. The third-order valence-corrected chi connectivity index (χ3v) is 14.5. The van der Waals surface area contributed by atoms with E-state index in [9.17, 15) is 0 Å². The van der Waals surface area contributed by atoms with Gasteiger partial charge in [-0.15, -0.1) is 0 Å². The van der Waals surface area contributed by atoms with Crippen molar-refractivity contribution in [1.82, 2.24) is 0 Å². The quantitative estimate of drug-likeness (QED) is 0.469. The minimum absolute atomic E-state index is 0.704. The molecule has 0 radical (unpaired) electrons. The first-order chi connectivity index (χ1) is 13.3. The summed E-state index contributed by atoms with van der Waals surface area (Å²) >= 11 is 0. The molecule has 0 nitrogen and oxygen atoms in total. The molecule has 1 aliphatic heterocycles. The van der Waals surface area contributed by atoms with Crippen LogP contribution in [0.3, 0.4) is 0 Å². The van der Waals surface area contributed by atoms with Crippen molar-refractivity contribution in [3.05, 3.63) is 79.9 Å². The molecule has 2 unspecified atom stereocenters. The first-order valence-electron chi connectivity index (χ1n) is 10.9. The molecule has 2 aromatic rings. The summed E-state index contributed by atoms with van der Waals surface area (Å²) in [5.74, 6) is 0. The van der Waals surface area contributed by atoms with Gasteiger partial charge in [0, 0.05) is 11.1 Å². The molecule has 144 valence electrons. The molecule has 5 rings (SSSR count). The number of benzene rings is 2. The van der Waals surface area contributed by atoms with Crippen molar-refractivity contribution in [3.63, 3.8) is 0 Å². The van der Waals surface area contributed by atoms with Crippen molar-refractivity contribution in [2.24, 2.45) is 0 Å². The van der Waals surface area contributed by atoms with Crippen LogP contribution in [-0.2, 0) is 0 Å².